The second-order valence-corrected chi connectivity index (χ2v) is 2.45. The predicted octanol–water partition coefficient (Wildman–Crippen LogP) is 0.812. The van der Waals surface area contributed by atoms with Crippen LogP contribution < -0.4 is 5.73 Å². The van der Waals surface area contributed by atoms with Gasteiger partial charge in [-0.25, -0.2) is 0 Å². The van der Waals surface area contributed by atoms with Crippen LogP contribution in [0.25, 0.3) is 0 Å². The Labute approximate surface area is 67.7 Å². The van der Waals surface area contributed by atoms with E-state index in [1.54, 1.807) is 0 Å². The molecule has 3 N–H and O–H groups in total. The number of oxime groups is 1. The summed E-state index contributed by atoms with van der Waals surface area (Å²) in [6, 6.07) is 0. The lowest BCUT2D eigenvalue weighted by atomic mass is 10.4. The van der Waals surface area contributed by atoms with Crippen molar-refractivity contribution in [3.63, 3.8) is 0 Å². The van der Waals surface area contributed by atoms with E-state index in [-0.39, 0.29) is 5.96 Å². The molecule has 0 aliphatic carbocycles. The zero-order valence-electron chi connectivity index (χ0n) is 7.25. The van der Waals surface area contributed by atoms with E-state index in [0.717, 1.165) is 25.9 Å². The summed E-state index contributed by atoms with van der Waals surface area (Å²) in [5.74, 6) is 0.216. The molecule has 0 radical (unpaired) electrons. The number of nitrogens with two attached hydrogens (primary N) is 1. The summed E-state index contributed by atoms with van der Waals surface area (Å²) in [7, 11) is 0. The fourth-order valence-electron chi connectivity index (χ4n) is 0.944. The van der Waals surface area contributed by atoms with E-state index < -0.39 is 0 Å². The standard InChI is InChI=1S/C7H17N3O/c1-3-5-10(6-4-2)7(8)9-11/h11H,3-6H2,1-2H3,(H2,8,9). The van der Waals surface area contributed by atoms with Crippen molar-refractivity contribution in [3.05, 3.63) is 0 Å². The Kier molecular flexibility index (Phi) is 5.33. The Hall–Kier alpha value is -0.930. The highest BCUT2D eigenvalue weighted by Crippen LogP contribution is 1.92. The van der Waals surface area contributed by atoms with Crippen LogP contribution in [0.1, 0.15) is 26.7 Å². The van der Waals surface area contributed by atoms with Crippen LogP contribution in [-0.4, -0.2) is 29.2 Å². The molecule has 0 saturated heterocycles. The zero-order valence-corrected chi connectivity index (χ0v) is 7.25. The molecule has 66 valence electrons. The lowest BCUT2D eigenvalue weighted by molar-refractivity contribution is 0.297. The van der Waals surface area contributed by atoms with E-state index >= 15 is 0 Å². The smallest absolute Gasteiger partial charge is 0.233 e. The van der Waals surface area contributed by atoms with Gasteiger partial charge in [-0.3, -0.25) is 0 Å². The Morgan fingerprint density at radius 3 is 2.09 bits per heavy atom. The summed E-state index contributed by atoms with van der Waals surface area (Å²) in [6.45, 7) is 5.83. The molecule has 0 bridgehead atoms. The van der Waals surface area contributed by atoms with E-state index in [2.05, 4.69) is 19.0 Å². The highest BCUT2D eigenvalue weighted by molar-refractivity contribution is 5.77. The molecule has 0 saturated carbocycles. The van der Waals surface area contributed by atoms with Crippen LogP contribution in [0.3, 0.4) is 0 Å². The lowest BCUT2D eigenvalue weighted by Crippen LogP contribution is -2.38. The third-order valence-corrected chi connectivity index (χ3v) is 1.41. The Balaban J connectivity index is 3.87. The van der Waals surface area contributed by atoms with Crippen LogP contribution in [-0.2, 0) is 0 Å². The number of hydrogen-bond donors (Lipinski definition) is 2. The average Bonchev–Trinajstić information content (AvgIpc) is 2.03. The Morgan fingerprint density at radius 1 is 1.36 bits per heavy atom. The molecule has 0 fully saturated rings. The minimum Gasteiger partial charge on any atom is -0.408 e. The quantitative estimate of drug-likeness (QED) is 0.276. The minimum atomic E-state index is 0.216. The maximum absolute atomic E-state index is 8.38. The molecule has 0 aromatic carbocycles. The molecule has 0 atom stereocenters. The van der Waals surface area contributed by atoms with Crippen molar-refractivity contribution in [3.8, 4) is 0 Å². The van der Waals surface area contributed by atoms with E-state index in [1.165, 1.54) is 0 Å². The Morgan fingerprint density at radius 2 is 1.82 bits per heavy atom. The van der Waals surface area contributed by atoms with Crippen LogP contribution in [0, 0.1) is 0 Å². The monoisotopic (exact) mass is 159 g/mol. The van der Waals surface area contributed by atoms with Crippen molar-refractivity contribution in [2.24, 2.45) is 10.9 Å². The first kappa shape index (κ1) is 10.1. The van der Waals surface area contributed by atoms with Gasteiger partial charge in [-0.2, -0.15) is 0 Å². The normalized spacial score (nSPS) is 11.6. The summed E-state index contributed by atoms with van der Waals surface area (Å²) >= 11 is 0. The fraction of sp³-hybridized carbons (Fsp3) is 0.857. The molecular formula is C7H17N3O. The lowest BCUT2D eigenvalue weighted by Gasteiger charge is -2.20. The van der Waals surface area contributed by atoms with Gasteiger partial charge in [0, 0.05) is 13.1 Å². The van der Waals surface area contributed by atoms with E-state index in [9.17, 15) is 0 Å². The molecule has 4 heteroatoms. The summed E-state index contributed by atoms with van der Waals surface area (Å²) in [5, 5.41) is 11.3. The minimum absolute atomic E-state index is 0.216. The second kappa shape index (κ2) is 5.82. The van der Waals surface area contributed by atoms with Crippen molar-refractivity contribution >= 4 is 5.96 Å². The van der Waals surface area contributed by atoms with E-state index in [1.807, 2.05) is 4.90 Å². The fourth-order valence-corrected chi connectivity index (χ4v) is 0.944. The van der Waals surface area contributed by atoms with Crippen LogP contribution >= 0.6 is 0 Å². The van der Waals surface area contributed by atoms with Gasteiger partial charge in [0.05, 0.1) is 0 Å². The van der Waals surface area contributed by atoms with Crippen LogP contribution in [0.2, 0.25) is 0 Å². The first-order chi connectivity index (χ1) is 5.26. The molecule has 0 unspecified atom stereocenters. The SMILES string of the molecule is CCCN(CCC)C(N)=NO. The van der Waals surface area contributed by atoms with Gasteiger partial charge in [0.15, 0.2) is 0 Å². The van der Waals surface area contributed by atoms with E-state index in [0.29, 0.717) is 0 Å². The molecule has 0 spiro atoms. The molecular weight excluding hydrogens is 142 g/mol. The average molecular weight is 159 g/mol. The van der Waals surface area contributed by atoms with Crippen molar-refractivity contribution in [1.82, 2.24) is 4.90 Å². The first-order valence-corrected chi connectivity index (χ1v) is 3.98. The number of guanidine groups is 1. The van der Waals surface area contributed by atoms with Gasteiger partial charge in [0.25, 0.3) is 0 Å². The maximum Gasteiger partial charge on any atom is 0.233 e. The van der Waals surface area contributed by atoms with Crippen molar-refractivity contribution in [1.29, 1.82) is 0 Å². The highest BCUT2D eigenvalue weighted by atomic mass is 16.4. The Bertz CT molecular complexity index is 119. The second-order valence-electron chi connectivity index (χ2n) is 2.45. The molecule has 0 aliphatic rings. The van der Waals surface area contributed by atoms with Crippen molar-refractivity contribution < 1.29 is 5.21 Å². The summed E-state index contributed by atoms with van der Waals surface area (Å²) in [4.78, 5) is 1.86. The number of hydrogen-bond acceptors (Lipinski definition) is 2. The van der Waals surface area contributed by atoms with Gasteiger partial charge >= 0.3 is 0 Å². The van der Waals surface area contributed by atoms with Gasteiger partial charge in [0.1, 0.15) is 0 Å². The number of nitrogens with zero attached hydrogens (tertiary/aromatic N) is 2. The molecule has 0 aliphatic heterocycles. The molecule has 0 heterocycles. The van der Waals surface area contributed by atoms with Crippen LogP contribution in [0.15, 0.2) is 5.16 Å². The molecule has 0 aromatic heterocycles. The van der Waals surface area contributed by atoms with Gasteiger partial charge in [0.2, 0.25) is 5.96 Å². The van der Waals surface area contributed by atoms with Gasteiger partial charge in [-0.15, -0.1) is 0 Å². The third kappa shape index (κ3) is 3.70. The summed E-state index contributed by atoms with van der Waals surface area (Å²) in [6.07, 6.45) is 2.02. The molecule has 0 rings (SSSR count). The van der Waals surface area contributed by atoms with Crippen LogP contribution in [0.5, 0.6) is 0 Å². The van der Waals surface area contributed by atoms with Gasteiger partial charge < -0.3 is 15.8 Å². The molecule has 11 heavy (non-hydrogen) atoms. The topological polar surface area (TPSA) is 61.8 Å². The van der Waals surface area contributed by atoms with Gasteiger partial charge in [-0.1, -0.05) is 19.0 Å². The summed E-state index contributed by atoms with van der Waals surface area (Å²) < 4.78 is 0. The summed E-state index contributed by atoms with van der Waals surface area (Å²) in [5.41, 5.74) is 5.42. The largest absolute Gasteiger partial charge is 0.408 e. The van der Waals surface area contributed by atoms with Crippen molar-refractivity contribution in [2.45, 2.75) is 26.7 Å². The maximum atomic E-state index is 8.38. The highest BCUT2D eigenvalue weighted by Gasteiger charge is 2.04. The molecule has 4 nitrogen and oxygen atoms in total. The predicted molar refractivity (Wildman–Crippen MR) is 45.6 cm³/mol. The zero-order chi connectivity index (χ0) is 8.69. The van der Waals surface area contributed by atoms with Gasteiger partial charge in [-0.05, 0) is 12.8 Å². The first-order valence-electron chi connectivity index (χ1n) is 3.98. The third-order valence-electron chi connectivity index (χ3n) is 1.41. The molecule has 0 aromatic rings. The molecule has 0 amide bonds. The van der Waals surface area contributed by atoms with Crippen molar-refractivity contribution in [2.75, 3.05) is 13.1 Å². The van der Waals surface area contributed by atoms with E-state index in [4.69, 9.17) is 10.9 Å². The number of rotatable bonds is 4. The van der Waals surface area contributed by atoms with Crippen LogP contribution in [0.4, 0.5) is 0 Å².